The third kappa shape index (κ3) is 3.99. The first kappa shape index (κ1) is 21.7. The number of aliphatic hydroxyl groups excluding tert-OH is 1. The molecule has 2 aliphatic heterocycles. The van der Waals surface area contributed by atoms with Gasteiger partial charge < -0.3 is 15.3 Å². The van der Waals surface area contributed by atoms with Gasteiger partial charge in [-0.25, -0.2) is 19.3 Å². The van der Waals surface area contributed by atoms with E-state index < -0.39 is 16.3 Å². The molecule has 32 heavy (non-hydrogen) atoms. The largest absolute Gasteiger partial charge is 0.394 e. The molecule has 2 N–H and O–H groups in total. The Labute approximate surface area is 192 Å². The zero-order valence-electron chi connectivity index (χ0n) is 17.5. The van der Waals surface area contributed by atoms with Gasteiger partial charge in [-0.2, -0.15) is 4.98 Å². The molecule has 1 aliphatic carbocycles. The minimum absolute atomic E-state index is 0.00772. The summed E-state index contributed by atoms with van der Waals surface area (Å²) in [7, 11) is -1.19. The molecule has 3 aliphatic rings. The molecule has 4 heterocycles. The highest BCUT2D eigenvalue weighted by Crippen LogP contribution is 2.38. The molecule has 0 unspecified atom stereocenters. The molecule has 0 radical (unpaired) electrons. The number of hydrogen-bond donors (Lipinski definition) is 2. The zero-order chi connectivity index (χ0) is 22.3. The SMILES string of the molecule is O=[S@@]1CCCc2nc(N3CCC(c4ncc(Cl)cn4)=C(F)C3)nc(NC3(CO)CCC3)c21. The second-order valence-electron chi connectivity index (χ2n) is 8.50. The van der Waals surface area contributed by atoms with Crippen molar-refractivity contribution >= 4 is 39.7 Å². The fraction of sp³-hybridized carbons (Fsp3) is 0.524. The van der Waals surface area contributed by atoms with Crippen molar-refractivity contribution in [3.05, 3.63) is 34.8 Å². The van der Waals surface area contributed by atoms with Gasteiger partial charge in [0.1, 0.15) is 16.5 Å². The van der Waals surface area contributed by atoms with Crippen molar-refractivity contribution < 1.29 is 13.7 Å². The first-order valence-corrected chi connectivity index (χ1v) is 12.5. The van der Waals surface area contributed by atoms with Gasteiger partial charge >= 0.3 is 0 Å². The van der Waals surface area contributed by atoms with Gasteiger partial charge in [0.2, 0.25) is 5.95 Å². The summed E-state index contributed by atoms with van der Waals surface area (Å²) in [4.78, 5) is 20.0. The van der Waals surface area contributed by atoms with E-state index in [9.17, 15) is 9.32 Å². The summed E-state index contributed by atoms with van der Waals surface area (Å²) in [5, 5.41) is 13.7. The lowest BCUT2D eigenvalue weighted by Gasteiger charge is -2.42. The summed E-state index contributed by atoms with van der Waals surface area (Å²) in [6, 6.07) is 0. The smallest absolute Gasteiger partial charge is 0.228 e. The molecule has 1 fully saturated rings. The summed E-state index contributed by atoms with van der Waals surface area (Å²) < 4.78 is 27.8. The molecule has 0 saturated heterocycles. The number of rotatable bonds is 5. The lowest BCUT2D eigenvalue weighted by Crippen LogP contribution is -2.49. The Morgan fingerprint density at radius 1 is 1.22 bits per heavy atom. The molecule has 0 aromatic carbocycles. The quantitative estimate of drug-likeness (QED) is 0.676. The molecule has 0 spiro atoms. The van der Waals surface area contributed by atoms with Crippen molar-refractivity contribution in [1.29, 1.82) is 0 Å². The first-order chi connectivity index (χ1) is 15.5. The van der Waals surface area contributed by atoms with Crippen LogP contribution >= 0.6 is 11.6 Å². The fourth-order valence-corrected chi connectivity index (χ4v) is 5.80. The molecule has 11 heteroatoms. The van der Waals surface area contributed by atoms with Gasteiger partial charge in [-0.3, -0.25) is 4.21 Å². The van der Waals surface area contributed by atoms with Crippen LogP contribution in [-0.2, 0) is 17.2 Å². The number of hydrogen-bond acceptors (Lipinski definition) is 8. The van der Waals surface area contributed by atoms with E-state index in [1.165, 1.54) is 12.4 Å². The maximum Gasteiger partial charge on any atom is 0.228 e. The summed E-state index contributed by atoms with van der Waals surface area (Å²) in [6.07, 6.45) is 7.49. The van der Waals surface area contributed by atoms with Crippen molar-refractivity contribution in [2.75, 3.05) is 35.7 Å². The first-order valence-electron chi connectivity index (χ1n) is 10.8. The van der Waals surface area contributed by atoms with Gasteiger partial charge in [0.05, 0.1) is 40.2 Å². The Hall–Kier alpha value is -2.17. The second-order valence-corrected chi connectivity index (χ2v) is 10.4. The summed E-state index contributed by atoms with van der Waals surface area (Å²) in [6.45, 7) is 0.494. The topological polar surface area (TPSA) is 104 Å². The van der Waals surface area contributed by atoms with Crippen LogP contribution in [0.25, 0.3) is 5.57 Å². The van der Waals surface area contributed by atoms with Crippen LogP contribution in [0.1, 0.15) is 43.6 Å². The van der Waals surface area contributed by atoms with E-state index >= 15 is 4.39 Å². The van der Waals surface area contributed by atoms with Gasteiger partial charge in [-0.05, 0) is 38.5 Å². The lowest BCUT2D eigenvalue weighted by atomic mass is 9.77. The number of halogens is 2. The summed E-state index contributed by atoms with van der Waals surface area (Å²) in [5.41, 5.74) is 0.766. The summed E-state index contributed by atoms with van der Waals surface area (Å²) in [5.74, 6) is 1.49. The van der Waals surface area contributed by atoms with Crippen molar-refractivity contribution in [2.24, 2.45) is 0 Å². The molecule has 8 nitrogen and oxygen atoms in total. The van der Waals surface area contributed by atoms with Crippen molar-refractivity contribution in [3.63, 3.8) is 0 Å². The second kappa shape index (κ2) is 8.64. The molecule has 1 atom stereocenters. The summed E-state index contributed by atoms with van der Waals surface area (Å²) >= 11 is 5.84. The number of aromatic nitrogens is 4. The predicted octanol–water partition coefficient (Wildman–Crippen LogP) is 2.89. The van der Waals surface area contributed by atoms with E-state index in [2.05, 4.69) is 25.3 Å². The Morgan fingerprint density at radius 2 is 2.00 bits per heavy atom. The van der Waals surface area contributed by atoms with Gasteiger partial charge in [-0.1, -0.05) is 11.6 Å². The highest BCUT2D eigenvalue weighted by Gasteiger charge is 2.38. The van der Waals surface area contributed by atoms with Gasteiger partial charge in [0.15, 0.2) is 5.82 Å². The number of aliphatic hydroxyl groups is 1. The number of anilines is 2. The Balaban J connectivity index is 1.47. The van der Waals surface area contributed by atoms with Gasteiger partial charge in [-0.15, -0.1) is 0 Å². The predicted molar refractivity (Wildman–Crippen MR) is 121 cm³/mol. The number of fused-ring (bicyclic) bond motifs is 1. The molecule has 0 amide bonds. The number of aryl methyl sites for hydroxylation is 1. The van der Waals surface area contributed by atoms with Crippen molar-refractivity contribution in [3.8, 4) is 0 Å². The molecule has 0 bridgehead atoms. The van der Waals surface area contributed by atoms with Crippen LogP contribution in [-0.4, -0.2) is 60.2 Å². The van der Waals surface area contributed by atoms with Crippen LogP contribution in [0.15, 0.2) is 23.1 Å². The minimum Gasteiger partial charge on any atom is -0.394 e. The van der Waals surface area contributed by atoms with E-state index in [4.69, 9.17) is 11.6 Å². The molecular weight excluding hydrogens is 455 g/mol. The van der Waals surface area contributed by atoms with Crippen molar-refractivity contribution in [2.45, 2.75) is 49.0 Å². The van der Waals surface area contributed by atoms with E-state index in [1.807, 2.05) is 0 Å². The van der Waals surface area contributed by atoms with Crippen molar-refractivity contribution in [1.82, 2.24) is 19.9 Å². The average Bonchev–Trinajstić information content (AvgIpc) is 2.77. The fourth-order valence-electron chi connectivity index (χ4n) is 4.37. The normalized spacial score (nSPS) is 22.3. The Bertz CT molecular complexity index is 1090. The Morgan fingerprint density at radius 3 is 2.66 bits per heavy atom. The minimum atomic E-state index is -1.19. The average molecular weight is 479 g/mol. The zero-order valence-corrected chi connectivity index (χ0v) is 19.1. The van der Waals surface area contributed by atoms with E-state index in [0.29, 0.717) is 58.2 Å². The molecular formula is C21H24ClFN6O2S. The standard InChI is InChI=1S/C21H24ClFN6O2S/c22-13-9-24-18(25-10-13)14-4-7-29(11-15(14)23)20-26-16-3-1-8-32(31)17(16)19(27-20)28-21(12-30)5-2-6-21/h9-10,30H,1-8,11-12H2,(H,26,27,28)/t32-/m1/s1. The van der Waals surface area contributed by atoms with Crippen LogP contribution in [0.5, 0.6) is 0 Å². The van der Waals surface area contributed by atoms with E-state index in [-0.39, 0.29) is 19.0 Å². The number of nitrogens with one attached hydrogen (secondary N) is 1. The molecule has 2 aromatic rings. The van der Waals surface area contributed by atoms with Crippen LogP contribution in [0.4, 0.5) is 16.2 Å². The monoisotopic (exact) mass is 478 g/mol. The Kier molecular flexibility index (Phi) is 5.85. The van der Waals surface area contributed by atoms with Gasteiger partial charge in [0.25, 0.3) is 0 Å². The maximum atomic E-state index is 15.0. The highest BCUT2D eigenvalue weighted by atomic mass is 35.5. The molecule has 170 valence electrons. The number of nitrogens with zero attached hydrogens (tertiary/aromatic N) is 5. The van der Waals surface area contributed by atoms with Gasteiger partial charge in [0, 0.05) is 30.3 Å². The van der Waals surface area contributed by atoms with E-state index in [1.54, 1.807) is 4.90 Å². The van der Waals surface area contributed by atoms with E-state index in [0.717, 1.165) is 31.4 Å². The highest BCUT2D eigenvalue weighted by molar-refractivity contribution is 7.85. The lowest BCUT2D eigenvalue weighted by molar-refractivity contribution is 0.143. The maximum absolute atomic E-state index is 15.0. The van der Waals surface area contributed by atoms with Crippen LogP contribution in [0.3, 0.4) is 0 Å². The van der Waals surface area contributed by atoms with Crippen LogP contribution in [0, 0.1) is 0 Å². The van der Waals surface area contributed by atoms with Crippen LogP contribution in [0.2, 0.25) is 5.02 Å². The third-order valence-electron chi connectivity index (χ3n) is 6.35. The van der Waals surface area contributed by atoms with Crippen LogP contribution < -0.4 is 10.2 Å². The molecule has 5 rings (SSSR count). The molecule has 2 aromatic heterocycles. The third-order valence-corrected chi connectivity index (χ3v) is 8.09. The molecule has 1 saturated carbocycles.